The van der Waals surface area contributed by atoms with Crippen LogP contribution in [0.4, 0.5) is 5.69 Å². The van der Waals surface area contributed by atoms with Crippen LogP contribution < -0.4 is 10.0 Å². The zero-order valence-electron chi connectivity index (χ0n) is 15.7. The average Bonchev–Trinajstić information content (AvgIpc) is 3.02. The number of amides is 1. The third-order valence-corrected chi connectivity index (χ3v) is 5.92. The van der Waals surface area contributed by atoms with Gasteiger partial charge in [0.1, 0.15) is 4.90 Å². The fourth-order valence-corrected chi connectivity index (χ4v) is 4.42. The lowest BCUT2D eigenvalue weighted by molar-refractivity contribution is 0.0955. The largest absolute Gasteiger partial charge is 0.352 e. The standard InChI is InChI=1S/C20H22N4O3S/c1-14-19(15(2)23-22-14)28(26,27)24-18-11-7-6-10-17(18)20(25)21-13-12-16-8-4-3-5-9-16/h3-11,24H,12-13H2,1-2H3,(H,21,25)(H,22,23). The van der Waals surface area contributed by atoms with Crippen molar-refractivity contribution in [2.45, 2.75) is 25.2 Å². The molecular formula is C20H22N4O3S. The van der Waals surface area contributed by atoms with Gasteiger partial charge in [-0.2, -0.15) is 5.10 Å². The number of carbonyl (C=O) groups excluding carboxylic acids is 1. The Bertz CT molecular complexity index is 1060. The number of hydrogen-bond donors (Lipinski definition) is 3. The number of anilines is 1. The summed E-state index contributed by atoms with van der Waals surface area (Å²) in [5.41, 5.74) is 2.41. The molecule has 0 bridgehead atoms. The van der Waals surface area contributed by atoms with Crippen molar-refractivity contribution in [1.82, 2.24) is 15.5 Å². The van der Waals surface area contributed by atoms with Crippen molar-refractivity contribution < 1.29 is 13.2 Å². The monoisotopic (exact) mass is 398 g/mol. The van der Waals surface area contributed by atoms with E-state index in [1.807, 2.05) is 30.3 Å². The van der Waals surface area contributed by atoms with Gasteiger partial charge in [-0.25, -0.2) is 8.42 Å². The Morgan fingerprint density at radius 2 is 1.71 bits per heavy atom. The topological polar surface area (TPSA) is 104 Å². The summed E-state index contributed by atoms with van der Waals surface area (Å²) in [7, 11) is -3.87. The molecule has 0 saturated heterocycles. The molecular weight excluding hydrogens is 376 g/mol. The molecule has 146 valence electrons. The molecule has 0 saturated carbocycles. The second-order valence-corrected chi connectivity index (χ2v) is 8.02. The van der Waals surface area contributed by atoms with Crippen LogP contribution >= 0.6 is 0 Å². The van der Waals surface area contributed by atoms with Gasteiger partial charge in [0.2, 0.25) is 0 Å². The number of nitrogens with zero attached hydrogens (tertiary/aromatic N) is 1. The number of aromatic nitrogens is 2. The van der Waals surface area contributed by atoms with Gasteiger partial charge < -0.3 is 5.32 Å². The molecule has 0 atom stereocenters. The second kappa shape index (κ2) is 8.26. The predicted molar refractivity (Wildman–Crippen MR) is 108 cm³/mol. The number of aromatic amines is 1. The Balaban J connectivity index is 1.75. The van der Waals surface area contributed by atoms with E-state index in [1.165, 1.54) is 0 Å². The summed E-state index contributed by atoms with van der Waals surface area (Å²) < 4.78 is 28.1. The fraction of sp³-hybridized carbons (Fsp3) is 0.200. The van der Waals surface area contributed by atoms with E-state index in [2.05, 4.69) is 20.2 Å². The van der Waals surface area contributed by atoms with Crippen LogP contribution in [0.5, 0.6) is 0 Å². The summed E-state index contributed by atoms with van der Waals surface area (Å²) in [5.74, 6) is -0.338. The smallest absolute Gasteiger partial charge is 0.265 e. The molecule has 0 aliphatic carbocycles. The number of rotatable bonds is 7. The van der Waals surface area contributed by atoms with Crippen LogP contribution in [0.3, 0.4) is 0 Å². The van der Waals surface area contributed by atoms with Crippen molar-refractivity contribution in [3.63, 3.8) is 0 Å². The summed E-state index contributed by atoms with van der Waals surface area (Å²) in [4.78, 5) is 12.7. The van der Waals surface area contributed by atoms with Crippen LogP contribution in [0.15, 0.2) is 59.5 Å². The quantitative estimate of drug-likeness (QED) is 0.569. The third-order valence-electron chi connectivity index (χ3n) is 4.29. The average molecular weight is 398 g/mol. The van der Waals surface area contributed by atoms with Gasteiger partial charge in [0, 0.05) is 6.54 Å². The minimum atomic E-state index is -3.87. The molecule has 1 amide bonds. The molecule has 2 aromatic carbocycles. The minimum Gasteiger partial charge on any atom is -0.352 e. The van der Waals surface area contributed by atoms with Crippen molar-refractivity contribution in [2.75, 3.05) is 11.3 Å². The summed E-state index contributed by atoms with van der Waals surface area (Å²) >= 11 is 0. The Labute approximate surface area is 164 Å². The first kappa shape index (κ1) is 19.6. The lowest BCUT2D eigenvalue weighted by Gasteiger charge is -2.13. The number of para-hydroxylation sites is 1. The highest BCUT2D eigenvalue weighted by Gasteiger charge is 2.24. The molecule has 3 N–H and O–H groups in total. The highest BCUT2D eigenvalue weighted by atomic mass is 32.2. The van der Waals surface area contributed by atoms with Crippen LogP contribution in [-0.2, 0) is 16.4 Å². The molecule has 0 unspecified atom stereocenters. The first-order valence-electron chi connectivity index (χ1n) is 8.84. The van der Waals surface area contributed by atoms with E-state index >= 15 is 0 Å². The summed E-state index contributed by atoms with van der Waals surface area (Å²) in [6, 6.07) is 16.3. The lowest BCUT2D eigenvalue weighted by Crippen LogP contribution is -2.27. The molecule has 3 rings (SSSR count). The number of carbonyl (C=O) groups is 1. The van der Waals surface area contributed by atoms with Gasteiger partial charge in [0.25, 0.3) is 15.9 Å². The third kappa shape index (κ3) is 4.40. The lowest BCUT2D eigenvalue weighted by atomic mass is 10.1. The van der Waals surface area contributed by atoms with E-state index in [-0.39, 0.29) is 22.1 Å². The van der Waals surface area contributed by atoms with E-state index in [9.17, 15) is 13.2 Å². The van der Waals surface area contributed by atoms with Crippen molar-refractivity contribution in [3.05, 3.63) is 77.1 Å². The first-order valence-corrected chi connectivity index (χ1v) is 10.3. The maximum Gasteiger partial charge on any atom is 0.265 e. The van der Waals surface area contributed by atoms with Crippen LogP contribution in [0, 0.1) is 13.8 Å². The van der Waals surface area contributed by atoms with Gasteiger partial charge in [0.15, 0.2) is 0 Å². The molecule has 0 aliphatic rings. The minimum absolute atomic E-state index is 0.0896. The predicted octanol–water partition coefficient (Wildman–Crippen LogP) is 2.80. The van der Waals surface area contributed by atoms with Crippen LogP contribution in [0.25, 0.3) is 0 Å². The number of aryl methyl sites for hydroxylation is 2. The van der Waals surface area contributed by atoms with Crippen LogP contribution in [0.2, 0.25) is 0 Å². The first-order chi connectivity index (χ1) is 13.4. The summed E-state index contributed by atoms with van der Waals surface area (Å²) in [5, 5.41) is 9.43. The molecule has 1 aromatic heterocycles. The van der Waals surface area contributed by atoms with E-state index in [1.54, 1.807) is 38.1 Å². The normalized spacial score (nSPS) is 11.2. The van der Waals surface area contributed by atoms with Crippen molar-refractivity contribution in [3.8, 4) is 0 Å². The SMILES string of the molecule is Cc1n[nH]c(C)c1S(=O)(=O)Nc1ccccc1C(=O)NCCc1ccccc1. The molecule has 1 heterocycles. The highest BCUT2D eigenvalue weighted by Crippen LogP contribution is 2.23. The highest BCUT2D eigenvalue weighted by molar-refractivity contribution is 7.92. The van der Waals surface area contributed by atoms with Crippen molar-refractivity contribution >= 4 is 21.6 Å². The van der Waals surface area contributed by atoms with Gasteiger partial charge in [-0.05, 0) is 38.0 Å². The van der Waals surface area contributed by atoms with E-state index in [4.69, 9.17) is 0 Å². The van der Waals surface area contributed by atoms with E-state index in [0.717, 1.165) is 5.56 Å². The number of nitrogens with one attached hydrogen (secondary N) is 3. The van der Waals surface area contributed by atoms with Gasteiger partial charge in [-0.1, -0.05) is 42.5 Å². The molecule has 0 radical (unpaired) electrons. The van der Waals surface area contributed by atoms with Crippen LogP contribution in [-0.4, -0.2) is 31.1 Å². The molecule has 0 aliphatic heterocycles. The van der Waals surface area contributed by atoms with E-state index in [0.29, 0.717) is 24.4 Å². The second-order valence-electron chi connectivity index (χ2n) is 6.41. The number of H-pyrrole nitrogens is 1. The van der Waals surface area contributed by atoms with Crippen LogP contribution in [0.1, 0.15) is 27.3 Å². The molecule has 0 spiro atoms. The van der Waals surface area contributed by atoms with Gasteiger partial charge >= 0.3 is 0 Å². The number of hydrogen-bond acceptors (Lipinski definition) is 4. The van der Waals surface area contributed by atoms with E-state index < -0.39 is 10.0 Å². The Morgan fingerprint density at radius 3 is 2.39 bits per heavy atom. The maximum absolute atomic E-state index is 12.8. The van der Waals surface area contributed by atoms with Gasteiger partial charge in [0.05, 0.1) is 22.6 Å². The maximum atomic E-state index is 12.8. The Kier molecular flexibility index (Phi) is 5.79. The zero-order chi connectivity index (χ0) is 20.1. The van der Waals surface area contributed by atoms with Crippen molar-refractivity contribution in [2.24, 2.45) is 0 Å². The Hall–Kier alpha value is -3.13. The Morgan fingerprint density at radius 1 is 1.04 bits per heavy atom. The molecule has 3 aromatic rings. The summed E-state index contributed by atoms with van der Waals surface area (Å²) in [6.45, 7) is 3.70. The molecule has 8 heteroatoms. The number of sulfonamides is 1. The zero-order valence-corrected chi connectivity index (χ0v) is 16.5. The molecule has 0 fully saturated rings. The number of benzene rings is 2. The van der Waals surface area contributed by atoms with Gasteiger partial charge in [-0.15, -0.1) is 0 Å². The molecule has 28 heavy (non-hydrogen) atoms. The molecule has 7 nitrogen and oxygen atoms in total. The van der Waals surface area contributed by atoms with Gasteiger partial charge in [-0.3, -0.25) is 14.6 Å². The summed E-state index contributed by atoms with van der Waals surface area (Å²) in [6.07, 6.45) is 0.688. The fourth-order valence-electron chi connectivity index (χ4n) is 2.96. The van der Waals surface area contributed by atoms with Crippen molar-refractivity contribution in [1.29, 1.82) is 0 Å².